The average molecular weight is 392 g/mol. The van der Waals surface area contributed by atoms with E-state index in [0.29, 0.717) is 0 Å². The van der Waals surface area contributed by atoms with Crippen molar-refractivity contribution in [2.75, 3.05) is 13.1 Å². The summed E-state index contributed by atoms with van der Waals surface area (Å²) in [7, 11) is 2.03. The molecule has 20 heavy (non-hydrogen) atoms. The van der Waals surface area contributed by atoms with Crippen LogP contribution in [-0.4, -0.2) is 23.6 Å². The molecule has 0 fully saturated rings. The number of nitrogens with one attached hydrogen (secondary N) is 2. The molecule has 0 unspecified atom stereocenters. The lowest BCUT2D eigenvalue weighted by Gasteiger charge is -2.16. The second-order valence-electron chi connectivity index (χ2n) is 4.94. The zero-order valence-electron chi connectivity index (χ0n) is 13.1. The number of rotatable bonds is 7. The standard InChI is InChI=1S/C15H28N4.HI/c1-5-13(6-2)10-17-15(16-7-3)18-11-14-8-9-19(4)12-14;/h8-9,12-13H,5-7,10-11H2,1-4H3,(H2,16,17,18);1H. The topological polar surface area (TPSA) is 41.4 Å². The lowest BCUT2D eigenvalue weighted by atomic mass is 10.0. The minimum absolute atomic E-state index is 0. The van der Waals surface area contributed by atoms with Gasteiger partial charge in [-0.2, -0.15) is 0 Å². The molecule has 0 aliphatic rings. The molecular weight excluding hydrogens is 363 g/mol. The fraction of sp³-hybridized carbons (Fsp3) is 0.667. The Morgan fingerprint density at radius 3 is 2.45 bits per heavy atom. The average Bonchev–Trinajstić information content (AvgIpc) is 2.82. The molecule has 0 aliphatic heterocycles. The van der Waals surface area contributed by atoms with Crippen LogP contribution in [0.25, 0.3) is 0 Å². The van der Waals surface area contributed by atoms with Crippen LogP contribution >= 0.6 is 24.0 Å². The van der Waals surface area contributed by atoms with Crippen LogP contribution in [-0.2, 0) is 13.6 Å². The van der Waals surface area contributed by atoms with Gasteiger partial charge in [-0.25, -0.2) is 4.99 Å². The van der Waals surface area contributed by atoms with Crippen molar-refractivity contribution in [1.82, 2.24) is 15.2 Å². The molecule has 116 valence electrons. The first-order valence-corrected chi connectivity index (χ1v) is 7.32. The van der Waals surface area contributed by atoms with Crippen LogP contribution in [0, 0.1) is 5.92 Å². The van der Waals surface area contributed by atoms with Crippen molar-refractivity contribution >= 4 is 29.9 Å². The van der Waals surface area contributed by atoms with Gasteiger partial charge in [-0.15, -0.1) is 24.0 Å². The van der Waals surface area contributed by atoms with E-state index < -0.39 is 0 Å². The number of hydrogen-bond donors (Lipinski definition) is 2. The maximum atomic E-state index is 4.62. The van der Waals surface area contributed by atoms with Gasteiger partial charge in [0.15, 0.2) is 5.96 Å². The molecule has 0 saturated carbocycles. The van der Waals surface area contributed by atoms with Crippen LogP contribution < -0.4 is 10.6 Å². The smallest absolute Gasteiger partial charge is 0.191 e. The Morgan fingerprint density at radius 2 is 1.95 bits per heavy atom. The molecule has 1 aromatic rings. The molecule has 1 aromatic heterocycles. The molecule has 1 heterocycles. The monoisotopic (exact) mass is 392 g/mol. The highest BCUT2D eigenvalue weighted by molar-refractivity contribution is 14.0. The number of aromatic nitrogens is 1. The van der Waals surface area contributed by atoms with Crippen molar-refractivity contribution in [1.29, 1.82) is 0 Å². The Labute approximate surface area is 140 Å². The number of halogens is 1. The molecule has 5 heteroatoms. The summed E-state index contributed by atoms with van der Waals surface area (Å²) in [4.78, 5) is 4.62. The van der Waals surface area contributed by atoms with Crippen LogP contribution in [0.4, 0.5) is 0 Å². The molecular formula is C15H29IN4. The van der Waals surface area contributed by atoms with E-state index in [-0.39, 0.29) is 24.0 Å². The van der Waals surface area contributed by atoms with Crippen LogP contribution in [0.5, 0.6) is 0 Å². The fourth-order valence-electron chi connectivity index (χ4n) is 1.98. The zero-order chi connectivity index (χ0) is 14.1. The molecule has 0 amide bonds. The van der Waals surface area contributed by atoms with Gasteiger partial charge >= 0.3 is 0 Å². The summed E-state index contributed by atoms with van der Waals surface area (Å²) < 4.78 is 2.05. The number of aryl methyl sites for hydroxylation is 1. The lowest BCUT2D eigenvalue weighted by molar-refractivity contribution is 0.481. The number of hydrogen-bond acceptors (Lipinski definition) is 1. The summed E-state index contributed by atoms with van der Waals surface area (Å²) >= 11 is 0. The molecule has 0 aromatic carbocycles. The molecule has 1 rings (SSSR count). The van der Waals surface area contributed by atoms with Crippen LogP contribution in [0.2, 0.25) is 0 Å². The highest BCUT2D eigenvalue weighted by Gasteiger charge is 2.04. The van der Waals surface area contributed by atoms with Crippen LogP contribution in [0.15, 0.2) is 23.5 Å². The van der Waals surface area contributed by atoms with Gasteiger partial charge in [-0.05, 0) is 24.5 Å². The first-order chi connectivity index (χ1) is 9.19. The molecule has 0 aliphatic carbocycles. The Morgan fingerprint density at radius 1 is 1.25 bits per heavy atom. The van der Waals surface area contributed by atoms with E-state index in [1.807, 2.05) is 7.05 Å². The van der Waals surface area contributed by atoms with Crippen molar-refractivity contribution in [3.05, 3.63) is 24.0 Å². The number of guanidine groups is 1. The predicted octanol–water partition coefficient (Wildman–Crippen LogP) is 3.13. The molecule has 0 radical (unpaired) electrons. The Bertz CT molecular complexity index is 383. The second kappa shape index (κ2) is 11.0. The van der Waals surface area contributed by atoms with Crippen LogP contribution in [0.3, 0.4) is 0 Å². The lowest BCUT2D eigenvalue weighted by Crippen LogP contribution is -2.39. The van der Waals surface area contributed by atoms with Gasteiger partial charge in [0.05, 0.1) is 6.54 Å². The minimum atomic E-state index is 0. The summed E-state index contributed by atoms with van der Waals surface area (Å²) in [5, 5.41) is 6.73. The van der Waals surface area contributed by atoms with Gasteiger partial charge in [0, 0.05) is 32.5 Å². The Balaban J connectivity index is 0.00000361. The van der Waals surface area contributed by atoms with E-state index in [4.69, 9.17) is 0 Å². The molecule has 0 spiro atoms. The first kappa shape index (κ1) is 19.3. The highest BCUT2D eigenvalue weighted by atomic mass is 127. The maximum absolute atomic E-state index is 4.62. The highest BCUT2D eigenvalue weighted by Crippen LogP contribution is 2.05. The van der Waals surface area contributed by atoms with E-state index in [0.717, 1.165) is 31.5 Å². The van der Waals surface area contributed by atoms with E-state index in [9.17, 15) is 0 Å². The molecule has 4 nitrogen and oxygen atoms in total. The van der Waals surface area contributed by atoms with Crippen molar-refractivity contribution in [2.45, 2.75) is 40.2 Å². The van der Waals surface area contributed by atoms with E-state index in [2.05, 4.69) is 59.4 Å². The van der Waals surface area contributed by atoms with Gasteiger partial charge < -0.3 is 15.2 Å². The molecule has 2 N–H and O–H groups in total. The normalized spacial score (nSPS) is 11.3. The van der Waals surface area contributed by atoms with Gasteiger partial charge in [-0.3, -0.25) is 0 Å². The number of nitrogens with zero attached hydrogens (tertiary/aromatic N) is 2. The molecule has 0 saturated heterocycles. The van der Waals surface area contributed by atoms with Gasteiger partial charge in [0.25, 0.3) is 0 Å². The minimum Gasteiger partial charge on any atom is -0.357 e. The van der Waals surface area contributed by atoms with E-state index in [1.54, 1.807) is 0 Å². The molecule has 0 atom stereocenters. The van der Waals surface area contributed by atoms with E-state index >= 15 is 0 Å². The maximum Gasteiger partial charge on any atom is 0.191 e. The third-order valence-electron chi connectivity index (χ3n) is 3.37. The third-order valence-corrected chi connectivity index (χ3v) is 3.37. The van der Waals surface area contributed by atoms with Crippen molar-refractivity contribution in [3.8, 4) is 0 Å². The molecule has 0 bridgehead atoms. The summed E-state index contributed by atoms with van der Waals surface area (Å²) in [6.45, 7) is 9.18. The van der Waals surface area contributed by atoms with E-state index in [1.165, 1.54) is 18.4 Å². The second-order valence-corrected chi connectivity index (χ2v) is 4.94. The van der Waals surface area contributed by atoms with Crippen molar-refractivity contribution < 1.29 is 0 Å². The van der Waals surface area contributed by atoms with Crippen LogP contribution in [0.1, 0.15) is 39.2 Å². The van der Waals surface area contributed by atoms with Gasteiger partial charge in [0.1, 0.15) is 0 Å². The summed E-state index contributed by atoms with van der Waals surface area (Å²) in [5.74, 6) is 1.64. The van der Waals surface area contributed by atoms with Gasteiger partial charge in [-0.1, -0.05) is 26.7 Å². The summed E-state index contributed by atoms with van der Waals surface area (Å²) in [6, 6.07) is 2.11. The SMILES string of the molecule is CCNC(=NCc1ccn(C)c1)NCC(CC)CC.I. The summed E-state index contributed by atoms with van der Waals surface area (Å²) in [5.41, 5.74) is 1.24. The number of aliphatic imine (C=N–C) groups is 1. The van der Waals surface area contributed by atoms with Crippen molar-refractivity contribution in [2.24, 2.45) is 18.0 Å². The van der Waals surface area contributed by atoms with Crippen molar-refractivity contribution in [3.63, 3.8) is 0 Å². The quantitative estimate of drug-likeness (QED) is 0.425. The van der Waals surface area contributed by atoms with Gasteiger partial charge in [0.2, 0.25) is 0 Å². The third kappa shape index (κ3) is 7.17. The predicted molar refractivity (Wildman–Crippen MR) is 97.7 cm³/mol. The zero-order valence-corrected chi connectivity index (χ0v) is 15.5. The summed E-state index contributed by atoms with van der Waals surface area (Å²) in [6.07, 6.45) is 6.58. The fourth-order valence-corrected chi connectivity index (χ4v) is 1.98. The Kier molecular flexibility index (Phi) is 10.6. The largest absolute Gasteiger partial charge is 0.357 e. The Hall–Kier alpha value is -0.720. The first-order valence-electron chi connectivity index (χ1n) is 7.32.